The molecule has 0 amide bonds. The second kappa shape index (κ2) is 4.37. The van der Waals surface area contributed by atoms with Crippen LogP contribution in [0.25, 0.3) is 0 Å². The number of hydrogen-bond acceptors (Lipinski definition) is 4. The summed E-state index contributed by atoms with van der Waals surface area (Å²) in [6.45, 7) is 1.90. The maximum absolute atomic E-state index is 9.72. The van der Waals surface area contributed by atoms with Gasteiger partial charge in [-0.05, 0) is 25.1 Å². The quantitative estimate of drug-likeness (QED) is 0.709. The van der Waals surface area contributed by atoms with Crippen molar-refractivity contribution in [3.63, 3.8) is 0 Å². The molecule has 1 aromatic heterocycles. The van der Waals surface area contributed by atoms with Gasteiger partial charge in [-0.3, -0.25) is 4.68 Å². The molecule has 2 aromatic rings. The molecule has 17 heavy (non-hydrogen) atoms. The summed E-state index contributed by atoms with van der Waals surface area (Å²) in [7, 11) is 1.83. The zero-order valence-electron chi connectivity index (χ0n) is 9.75. The van der Waals surface area contributed by atoms with E-state index in [4.69, 9.17) is 0 Å². The maximum atomic E-state index is 9.72. The van der Waals surface area contributed by atoms with Crippen molar-refractivity contribution < 1.29 is 10.2 Å². The Labute approximate surface area is 99.3 Å². The molecule has 0 radical (unpaired) electrons. The molecule has 1 heterocycles. The number of nitrogens with zero attached hydrogens (tertiary/aromatic N) is 2. The highest BCUT2D eigenvalue weighted by Gasteiger charge is 2.11. The topological polar surface area (TPSA) is 70.3 Å². The van der Waals surface area contributed by atoms with Crippen LogP contribution in [0.4, 0.5) is 5.69 Å². The standard InChI is InChI=1S/C12H15N3O2/c1-8(14-9-6-13-15(2)7-9)11-5-10(16)3-4-12(11)17/h3-8,14,16-17H,1-2H3. The number of hydrogen-bond donors (Lipinski definition) is 3. The number of anilines is 1. The van der Waals surface area contributed by atoms with Gasteiger partial charge < -0.3 is 15.5 Å². The van der Waals surface area contributed by atoms with Crippen molar-refractivity contribution in [2.45, 2.75) is 13.0 Å². The first-order chi connectivity index (χ1) is 8.06. The van der Waals surface area contributed by atoms with Crippen molar-refractivity contribution in [2.24, 2.45) is 7.05 Å². The second-order valence-electron chi connectivity index (χ2n) is 4.01. The average Bonchev–Trinajstić information content (AvgIpc) is 2.67. The molecule has 0 aliphatic carbocycles. The zero-order chi connectivity index (χ0) is 12.4. The predicted octanol–water partition coefficient (Wildman–Crippen LogP) is 2.00. The molecule has 1 aromatic carbocycles. The lowest BCUT2D eigenvalue weighted by molar-refractivity contribution is 0.451. The first-order valence-corrected chi connectivity index (χ1v) is 5.33. The molecule has 1 atom stereocenters. The number of aromatic hydroxyl groups is 2. The van der Waals surface area contributed by atoms with Crippen LogP contribution in [0.3, 0.4) is 0 Å². The Kier molecular flexibility index (Phi) is 2.91. The van der Waals surface area contributed by atoms with E-state index in [9.17, 15) is 10.2 Å². The Morgan fingerprint density at radius 1 is 1.35 bits per heavy atom. The fourth-order valence-electron chi connectivity index (χ4n) is 1.71. The summed E-state index contributed by atoms with van der Waals surface area (Å²) in [6.07, 6.45) is 3.55. The Morgan fingerprint density at radius 2 is 2.12 bits per heavy atom. The molecule has 0 bridgehead atoms. The molecule has 0 aliphatic rings. The Balaban J connectivity index is 2.19. The van der Waals surface area contributed by atoms with Gasteiger partial charge >= 0.3 is 0 Å². The fraction of sp³-hybridized carbons (Fsp3) is 0.250. The Bertz CT molecular complexity index is 522. The van der Waals surface area contributed by atoms with Crippen LogP contribution in [-0.4, -0.2) is 20.0 Å². The molecule has 3 N–H and O–H groups in total. The fourth-order valence-corrected chi connectivity index (χ4v) is 1.71. The third-order valence-electron chi connectivity index (χ3n) is 2.57. The highest BCUT2D eigenvalue weighted by molar-refractivity contribution is 5.46. The molecule has 0 fully saturated rings. The van der Waals surface area contributed by atoms with Gasteiger partial charge in [-0.15, -0.1) is 0 Å². The molecular formula is C12H15N3O2. The van der Waals surface area contributed by atoms with Crippen molar-refractivity contribution in [3.05, 3.63) is 36.2 Å². The van der Waals surface area contributed by atoms with Crippen molar-refractivity contribution in [1.29, 1.82) is 0 Å². The van der Waals surface area contributed by atoms with Gasteiger partial charge in [0, 0.05) is 18.8 Å². The third kappa shape index (κ3) is 2.50. The first kappa shape index (κ1) is 11.3. The number of phenolic OH excluding ortho intramolecular Hbond substituents is 2. The van der Waals surface area contributed by atoms with Gasteiger partial charge in [0.1, 0.15) is 11.5 Å². The van der Waals surface area contributed by atoms with Crippen molar-refractivity contribution in [2.75, 3.05) is 5.32 Å². The molecule has 0 spiro atoms. The van der Waals surface area contributed by atoms with Gasteiger partial charge in [-0.1, -0.05) is 0 Å². The predicted molar refractivity (Wildman–Crippen MR) is 65.0 cm³/mol. The number of rotatable bonds is 3. The zero-order valence-corrected chi connectivity index (χ0v) is 9.75. The van der Waals surface area contributed by atoms with Gasteiger partial charge in [-0.25, -0.2) is 0 Å². The van der Waals surface area contributed by atoms with Crippen molar-refractivity contribution in [1.82, 2.24) is 9.78 Å². The average molecular weight is 233 g/mol. The number of aromatic nitrogens is 2. The van der Waals surface area contributed by atoms with Crippen LogP contribution < -0.4 is 5.32 Å². The van der Waals surface area contributed by atoms with Crippen LogP contribution >= 0.6 is 0 Å². The Morgan fingerprint density at radius 3 is 2.76 bits per heavy atom. The highest BCUT2D eigenvalue weighted by atomic mass is 16.3. The van der Waals surface area contributed by atoms with Crippen LogP contribution in [-0.2, 0) is 7.05 Å². The summed E-state index contributed by atoms with van der Waals surface area (Å²) >= 11 is 0. The molecule has 2 rings (SSSR count). The van der Waals surface area contributed by atoms with Crippen LogP contribution in [0.2, 0.25) is 0 Å². The van der Waals surface area contributed by atoms with Crippen LogP contribution in [0.1, 0.15) is 18.5 Å². The SMILES string of the molecule is CC(Nc1cnn(C)c1)c1cc(O)ccc1O. The van der Waals surface area contributed by atoms with Crippen molar-refractivity contribution >= 4 is 5.69 Å². The lowest BCUT2D eigenvalue weighted by Gasteiger charge is -2.15. The summed E-state index contributed by atoms with van der Waals surface area (Å²) in [4.78, 5) is 0. The van der Waals surface area contributed by atoms with E-state index in [1.165, 1.54) is 12.1 Å². The van der Waals surface area contributed by atoms with Crippen LogP contribution in [0.15, 0.2) is 30.6 Å². The van der Waals surface area contributed by atoms with Gasteiger partial charge in [0.15, 0.2) is 0 Å². The second-order valence-corrected chi connectivity index (χ2v) is 4.01. The van der Waals surface area contributed by atoms with E-state index in [2.05, 4.69) is 10.4 Å². The van der Waals surface area contributed by atoms with E-state index < -0.39 is 0 Å². The molecule has 90 valence electrons. The lowest BCUT2D eigenvalue weighted by Crippen LogP contribution is -2.06. The minimum atomic E-state index is -0.119. The van der Waals surface area contributed by atoms with E-state index in [1.807, 2.05) is 20.2 Å². The van der Waals surface area contributed by atoms with Crippen LogP contribution in [0.5, 0.6) is 11.5 Å². The normalized spacial score (nSPS) is 12.4. The summed E-state index contributed by atoms with van der Waals surface area (Å²) in [6, 6.07) is 4.36. The molecular weight excluding hydrogens is 218 g/mol. The summed E-state index contributed by atoms with van der Waals surface area (Å²) in [5, 5.41) is 26.4. The van der Waals surface area contributed by atoms with Gasteiger partial charge in [0.2, 0.25) is 0 Å². The lowest BCUT2D eigenvalue weighted by atomic mass is 10.1. The number of nitrogens with one attached hydrogen (secondary N) is 1. The van der Waals surface area contributed by atoms with E-state index in [-0.39, 0.29) is 17.5 Å². The Hall–Kier alpha value is -2.17. The molecule has 5 heteroatoms. The summed E-state index contributed by atoms with van der Waals surface area (Å²) in [5.41, 5.74) is 1.51. The van der Waals surface area contributed by atoms with E-state index in [1.54, 1.807) is 16.9 Å². The molecule has 5 nitrogen and oxygen atoms in total. The van der Waals surface area contributed by atoms with Gasteiger partial charge in [0.25, 0.3) is 0 Å². The number of phenols is 2. The van der Waals surface area contributed by atoms with Gasteiger partial charge in [0.05, 0.1) is 17.9 Å². The first-order valence-electron chi connectivity index (χ1n) is 5.33. The van der Waals surface area contributed by atoms with E-state index in [0.29, 0.717) is 5.56 Å². The third-order valence-corrected chi connectivity index (χ3v) is 2.57. The molecule has 0 saturated carbocycles. The number of benzene rings is 1. The largest absolute Gasteiger partial charge is 0.508 e. The minimum Gasteiger partial charge on any atom is -0.508 e. The molecule has 1 unspecified atom stereocenters. The van der Waals surface area contributed by atoms with Crippen LogP contribution in [0, 0.1) is 0 Å². The van der Waals surface area contributed by atoms with E-state index in [0.717, 1.165) is 5.69 Å². The minimum absolute atomic E-state index is 0.119. The summed E-state index contributed by atoms with van der Waals surface area (Å²) in [5.74, 6) is 0.296. The van der Waals surface area contributed by atoms with E-state index >= 15 is 0 Å². The summed E-state index contributed by atoms with van der Waals surface area (Å²) < 4.78 is 1.69. The molecule has 0 aliphatic heterocycles. The number of aryl methyl sites for hydroxylation is 1. The smallest absolute Gasteiger partial charge is 0.121 e. The van der Waals surface area contributed by atoms with Gasteiger partial charge in [-0.2, -0.15) is 5.10 Å². The van der Waals surface area contributed by atoms with Crippen molar-refractivity contribution in [3.8, 4) is 11.5 Å². The highest BCUT2D eigenvalue weighted by Crippen LogP contribution is 2.29. The maximum Gasteiger partial charge on any atom is 0.121 e. The molecule has 0 saturated heterocycles. The monoisotopic (exact) mass is 233 g/mol.